The highest BCUT2D eigenvalue weighted by molar-refractivity contribution is 5.86. The number of hydrogen-bond acceptors (Lipinski definition) is 5. The van der Waals surface area contributed by atoms with Gasteiger partial charge in [-0.3, -0.25) is 14.8 Å². The van der Waals surface area contributed by atoms with Gasteiger partial charge in [-0.2, -0.15) is 5.10 Å². The zero-order valence-corrected chi connectivity index (χ0v) is 9.18. The fourth-order valence-electron chi connectivity index (χ4n) is 1.34. The predicted octanol–water partition coefficient (Wildman–Crippen LogP) is 0.737. The molecule has 0 radical (unpaired) electrons. The Labute approximate surface area is 91.5 Å². The molecule has 0 spiro atoms. The standard InChI is InChI=1S/C9H11N5O2/c1-5-4-7(14(3)13-5)8-11-12-9(16-8)10-6(2)15/h4H,1-3H3,(H,10,12,15). The van der Waals surface area contributed by atoms with Gasteiger partial charge in [-0.15, -0.1) is 5.10 Å². The molecule has 0 aliphatic rings. The van der Waals surface area contributed by atoms with E-state index < -0.39 is 0 Å². The highest BCUT2D eigenvalue weighted by Crippen LogP contribution is 2.19. The first-order chi connectivity index (χ1) is 7.56. The van der Waals surface area contributed by atoms with Crippen LogP contribution in [0.15, 0.2) is 10.5 Å². The first-order valence-corrected chi connectivity index (χ1v) is 4.68. The third kappa shape index (κ3) is 1.92. The van der Waals surface area contributed by atoms with Crippen LogP contribution in [0.4, 0.5) is 6.01 Å². The van der Waals surface area contributed by atoms with E-state index in [4.69, 9.17) is 4.42 Å². The van der Waals surface area contributed by atoms with Gasteiger partial charge in [0.1, 0.15) is 5.69 Å². The van der Waals surface area contributed by atoms with Crippen molar-refractivity contribution in [1.29, 1.82) is 0 Å². The van der Waals surface area contributed by atoms with E-state index in [1.807, 2.05) is 13.0 Å². The topological polar surface area (TPSA) is 85.8 Å². The van der Waals surface area contributed by atoms with Gasteiger partial charge in [0, 0.05) is 14.0 Å². The fourth-order valence-corrected chi connectivity index (χ4v) is 1.34. The lowest BCUT2D eigenvalue weighted by atomic mass is 10.4. The normalized spacial score (nSPS) is 10.4. The molecule has 2 rings (SSSR count). The summed E-state index contributed by atoms with van der Waals surface area (Å²) in [4.78, 5) is 10.8. The summed E-state index contributed by atoms with van der Waals surface area (Å²) in [5.74, 6) is 0.0724. The van der Waals surface area contributed by atoms with Crippen molar-refractivity contribution in [2.45, 2.75) is 13.8 Å². The van der Waals surface area contributed by atoms with Gasteiger partial charge in [-0.1, -0.05) is 5.10 Å². The van der Waals surface area contributed by atoms with E-state index in [0.29, 0.717) is 11.6 Å². The molecule has 0 saturated carbocycles. The number of amides is 1. The molecule has 84 valence electrons. The maximum Gasteiger partial charge on any atom is 0.322 e. The maximum absolute atomic E-state index is 10.8. The Morgan fingerprint density at radius 1 is 1.50 bits per heavy atom. The summed E-state index contributed by atoms with van der Waals surface area (Å²) in [5.41, 5.74) is 1.57. The average Bonchev–Trinajstić information content (AvgIpc) is 2.72. The van der Waals surface area contributed by atoms with Gasteiger partial charge in [0.05, 0.1) is 5.69 Å². The largest absolute Gasteiger partial charge is 0.401 e. The van der Waals surface area contributed by atoms with Gasteiger partial charge in [0.15, 0.2) is 0 Å². The molecule has 0 atom stereocenters. The van der Waals surface area contributed by atoms with Gasteiger partial charge in [-0.25, -0.2) is 0 Å². The molecule has 2 aromatic rings. The zero-order chi connectivity index (χ0) is 11.7. The first-order valence-electron chi connectivity index (χ1n) is 4.68. The summed E-state index contributed by atoms with van der Waals surface area (Å²) in [6.07, 6.45) is 0. The molecule has 0 aliphatic carbocycles. The summed E-state index contributed by atoms with van der Waals surface area (Å²) in [7, 11) is 1.78. The SMILES string of the molecule is CC(=O)Nc1nnc(-c2cc(C)nn2C)o1. The van der Waals surface area contributed by atoms with Crippen molar-refractivity contribution in [2.75, 3.05) is 5.32 Å². The number of aryl methyl sites for hydroxylation is 2. The minimum absolute atomic E-state index is 0.0846. The molecule has 0 aliphatic heterocycles. The molecular formula is C9H11N5O2. The molecule has 7 nitrogen and oxygen atoms in total. The number of carbonyl (C=O) groups excluding carboxylic acids is 1. The molecule has 0 aromatic carbocycles. The summed E-state index contributed by atoms with van der Waals surface area (Å²) in [5, 5.41) is 14.1. The van der Waals surface area contributed by atoms with Crippen LogP contribution in [0.2, 0.25) is 0 Å². The number of rotatable bonds is 2. The molecular weight excluding hydrogens is 210 g/mol. The van der Waals surface area contributed by atoms with Gasteiger partial charge < -0.3 is 4.42 Å². The van der Waals surface area contributed by atoms with Crippen molar-refractivity contribution < 1.29 is 9.21 Å². The van der Waals surface area contributed by atoms with Crippen molar-refractivity contribution in [3.05, 3.63) is 11.8 Å². The molecule has 0 unspecified atom stereocenters. The molecule has 2 aromatic heterocycles. The smallest absolute Gasteiger partial charge is 0.322 e. The fraction of sp³-hybridized carbons (Fsp3) is 0.333. The highest BCUT2D eigenvalue weighted by atomic mass is 16.4. The van der Waals surface area contributed by atoms with Gasteiger partial charge in [0.2, 0.25) is 5.91 Å². The summed E-state index contributed by atoms with van der Waals surface area (Å²) in [6.45, 7) is 3.24. The third-order valence-electron chi connectivity index (χ3n) is 1.93. The minimum Gasteiger partial charge on any atom is -0.401 e. The van der Waals surface area contributed by atoms with Crippen molar-refractivity contribution in [2.24, 2.45) is 7.05 Å². The van der Waals surface area contributed by atoms with Crippen LogP contribution in [0.1, 0.15) is 12.6 Å². The van der Waals surface area contributed by atoms with Crippen molar-refractivity contribution in [1.82, 2.24) is 20.0 Å². The van der Waals surface area contributed by atoms with E-state index >= 15 is 0 Å². The van der Waals surface area contributed by atoms with Crippen LogP contribution < -0.4 is 5.32 Å². The van der Waals surface area contributed by atoms with Crippen LogP contribution in [0.25, 0.3) is 11.6 Å². The molecule has 0 bridgehead atoms. The summed E-state index contributed by atoms with van der Waals surface area (Å²) >= 11 is 0. The first kappa shape index (κ1) is 10.3. The van der Waals surface area contributed by atoms with Gasteiger partial charge >= 0.3 is 6.01 Å². The number of anilines is 1. The second-order valence-electron chi connectivity index (χ2n) is 3.39. The molecule has 7 heteroatoms. The quantitative estimate of drug-likeness (QED) is 0.808. The second-order valence-corrected chi connectivity index (χ2v) is 3.39. The monoisotopic (exact) mass is 221 g/mol. The molecule has 0 saturated heterocycles. The average molecular weight is 221 g/mol. The Balaban J connectivity index is 2.31. The number of carbonyl (C=O) groups is 1. The number of hydrogen-bond donors (Lipinski definition) is 1. The van der Waals surface area contributed by atoms with Crippen LogP contribution in [0.3, 0.4) is 0 Å². The molecule has 1 amide bonds. The Morgan fingerprint density at radius 2 is 2.25 bits per heavy atom. The molecule has 2 heterocycles. The van der Waals surface area contributed by atoms with Crippen LogP contribution in [-0.2, 0) is 11.8 Å². The molecule has 16 heavy (non-hydrogen) atoms. The van der Waals surface area contributed by atoms with Crippen LogP contribution in [0, 0.1) is 6.92 Å². The second kappa shape index (κ2) is 3.76. The Morgan fingerprint density at radius 3 is 2.81 bits per heavy atom. The lowest BCUT2D eigenvalue weighted by Crippen LogP contribution is -2.05. The van der Waals surface area contributed by atoms with Crippen LogP contribution >= 0.6 is 0 Å². The number of nitrogens with zero attached hydrogens (tertiary/aromatic N) is 4. The number of nitrogens with one attached hydrogen (secondary N) is 1. The predicted molar refractivity (Wildman–Crippen MR) is 55.5 cm³/mol. The lowest BCUT2D eigenvalue weighted by Gasteiger charge is -1.94. The van der Waals surface area contributed by atoms with E-state index in [9.17, 15) is 4.79 Å². The highest BCUT2D eigenvalue weighted by Gasteiger charge is 2.13. The van der Waals surface area contributed by atoms with E-state index in [-0.39, 0.29) is 11.9 Å². The zero-order valence-electron chi connectivity index (χ0n) is 9.18. The van der Waals surface area contributed by atoms with E-state index in [1.165, 1.54) is 6.92 Å². The summed E-state index contributed by atoms with van der Waals surface area (Å²) < 4.78 is 6.90. The lowest BCUT2D eigenvalue weighted by molar-refractivity contribution is -0.114. The van der Waals surface area contributed by atoms with Gasteiger partial charge in [0.25, 0.3) is 5.89 Å². The van der Waals surface area contributed by atoms with Crippen LogP contribution in [-0.4, -0.2) is 25.9 Å². The van der Waals surface area contributed by atoms with Crippen molar-refractivity contribution in [3.63, 3.8) is 0 Å². The maximum atomic E-state index is 10.8. The van der Waals surface area contributed by atoms with E-state index in [0.717, 1.165) is 5.69 Å². The minimum atomic E-state index is -0.253. The van der Waals surface area contributed by atoms with Gasteiger partial charge in [-0.05, 0) is 13.0 Å². The Hall–Kier alpha value is -2.18. The van der Waals surface area contributed by atoms with E-state index in [2.05, 4.69) is 20.6 Å². The number of aromatic nitrogens is 4. The van der Waals surface area contributed by atoms with E-state index in [1.54, 1.807) is 11.7 Å². The summed E-state index contributed by atoms with van der Waals surface area (Å²) in [6, 6.07) is 1.91. The van der Waals surface area contributed by atoms with Crippen LogP contribution in [0.5, 0.6) is 0 Å². The van der Waals surface area contributed by atoms with Crippen molar-refractivity contribution >= 4 is 11.9 Å². The van der Waals surface area contributed by atoms with Crippen molar-refractivity contribution in [3.8, 4) is 11.6 Å². The molecule has 0 fully saturated rings. The molecule has 1 N–H and O–H groups in total. The Bertz CT molecular complexity index is 528. The Kier molecular flexibility index (Phi) is 2.43. The third-order valence-corrected chi connectivity index (χ3v) is 1.93.